The minimum atomic E-state index is -0.501. The van der Waals surface area contributed by atoms with Crippen LogP contribution in [0, 0.1) is 10.1 Å². The number of amidine groups is 1. The minimum absolute atomic E-state index is 0.0304. The Balaban J connectivity index is 1.59. The normalized spacial score (nSPS) is 18.1. The van der Waals surface area contributed by atoms with Gasteiger partial charge in [0.15, 0.2) is 0 Å². The number of ether oxygens (including phenoxy) is 2. The van der Waals surface area contributed by atoms with Crippen LogP contribution in [0.1, 0.15) is 24.1 Å². The van der Waals surface area contributed by atoms with Crippen molar-refractivity contribution in [3.63, 3.8) is 0 Å². The third-order valence-electron chi connectivity index (χ3n) is 4.58. The highest BCUT2D eigenvalue weighted by Crippen LogP contribution is 2.38. The van der Waals surface area contributed by atoms with Gasteiger partial charge in [0.25, 0.3) is 5.69 Å². The molecule has 0 radical (unpaired) electrons. The highest BCUT2D eigenvalue weighted by Gasteiger charge is 2.36. The number of cyclic esters (lactones) is 1. The first kappa shape index (κ1) is 17.7. The first-order valence-corrected chi connectivity index (χ1v) is 8.69. The van der Waals surface area contributed by atoms with Crippen molar-refractivity contribution in [1.82, 2.24) is 5.32 Å². The standard InChI is InChI=1S/C20H17N3O5/c1-12-21-16-11-28-20(24)18(16)19(22-12)15-4-2-3-5-17(15)27-10-13-6-8-14(9-7-13)23(25)26/h2-9,19H,10-11H2,1H3,(H,21,22). The second-order valence-electron chi connectivity index (χ2n) is 6.46. The number of hydrogen-bond donors (Lipinski definition) is 1. The molecule has 0 aromatic heterocycles. The van der Waals surface area contributed by atoms with Gasteiger partial charge in [-0.25, -0.2) is 4.79 Å². The van der Waals surface area contributed by atoms with E-state index in [1.807, 2.05) is 31.2 Å². The first-order chi connectivity index (χ1) is 13.5. The third-order valence-corrected chi connectivity index (χ3v) is 4.58. The molecule has 2 aromatic carbocycles. The van der Waals surface area contributed by atoms with Crippen LogP contribution < -0.4 is 10.1 Å². The molecule has 2 aliphatic heterocycles. The summed E-state index contributed by atoms with van der Waals surface area (Å²) in [5.41, 5.74) is 2.81. The summed E-state index contributed by atoms with van der Waals surface area (Å²) in [5, 5.41) is 13.9. The molecular formula is C20H17N3O5. The maximum absolute atomic E-state index is 12.2. The van der Waals surface area contributed by atoms with Crippen LogP contribution in [0.5, 0.6) is 5.75 Å². The Morgan fingerprint density at radius 2 is 2.00 bits per heavy atom. The van der Waals surface area contributed by atoms with Crippen molar-refractivity contribution in [2.45, 2.75) is 19.6 Å². The first-order valence-electron chi connectivity index (χ1n) is 8.69. The van der Waals surface area contributed by atoms with E-state index in [1.165, 1.54) is 12.1 Å². The number of nitro benzene ring substituents is 1. The van der Waals surface area contributed by atoms with Gasteiger partial charge in [0.2, 0.25) is 0 Å². The van der Waals surface area contributed by atoms with E-state index in [0.717, 1.165) is 16.8 Å². The number of hydrogen-bond acceptors (Lipinski definition) is 7. The van der Waals surface area contributed by atoms with Crippen LogP contribution in [-0.2, 0) is 16.1 Å². The second-order valence-corrected chi connectivity index (χ2v) is 6.46. The van der Waals surface area contributed by atoms with Crippen LogP contribution in [0.25, 0.3) is 0 Å². The lowest BCUT2D eigenvalue weighted by atomic mass is 9.96. The molecule has 1 unspecified atom stereocenters. The van der Waals surface area contributed by atoms with E-state index in [9.17, 15) is 14.9 Å². The second kappa shape index (κ2) is 7.15. The van der Waals surface area contributed by atoms with Gasteiger partial charge in [-0.05, 0) is 30.7 Å². The van der Waals surface area contributed by atoms with Crippen molar-refractivity contribution in [3.8, 4) is 5.75 Å². The highest BCUT2D eigenvalue weighted by molar-refractivity contribution is 5.97. The van der Waals surface area contributed by atoms with Crippen LogP contribution in [0.4, 0.5) is 5.69 Å². The third kappa shape index (κ3) is 3.32. The minimum Gasteiger partial charge on any atom is -0.489 e. The van der Waals surface area contributed by atoms with Crippen LogP contribution in [0.2, 0.25) is 0 Å². The van der Waals surface area contributed by atoms with E-state index in [2.05, 4.69) is 10.3 Å². The van der Waals surface area contributed by atoms with E-state index in [1.54, 1.807) is 12.1 Å². The summed E-state index contributed by atoms with van der Waals surface area (Å²) in [5.74, 6) is 0.914. The Morgan fingerprint density at radius 1 is 1.25 bits per heavy atom. The maximum atomic E-state index is 12.2. The zero-order valence-electron chi connectivity index (χ0n) is 15.0. The summed E-state index contributed by atoms with van der Waals surface area (Å²) in [7, 11) is 0. The fourth-order valence-corrected chi connectivity index (χ4v) is 3.24. The molecule has 0 amide bonds. The van der Waals surface area contributed by atoms with Gasteiger partial charge >= 0.3 is 5.97 Å². The zero-order chi connectivity index (χ0) is 19.7. The van der Waals surface area contributed by atoms with E-state index in [4.69, 9.17) is 9.47 Å². The molecule has 2 aliphatic rings. The number of aliphatic imine (C=N–C) groups is 1. The molecule has 0 fully saturated rings. The Labute approximate surface area is 160 Å². The maximum Gasteiger partial charge on any atom is 0.338 e. The molecule has 4 rings (SSSR count). The topological polar surface area (TPSA) is 103 Å². The number of nitro groups is 1. The lowest BCUT2D eigenvalue weighted by Crippen LogP contribution is -2.28. The van der Waals surface area contributed by atoms with Crippen LogP contribution in [0.3, 0.4) is 0 Å². The number of non-ortho nitro benzene ring substituents is 1. The monoisotopic (exact) mass is 379 g/mol. The number of esters is 1. The smallest absolute Gasteiger partial charge is 0.338 e. The average Bonchev–Trinajstić information content (AvgIpc) is 3.07. The molecular weight excluding hydrogens is 362 g/mol. The fourth-order valence-electron chi connectivity index (χ4n) is 3.24. The lowest BCUT2D eigenvalue weighted by Gasteiger charge is -2.23. The molecule has 142 valence electrons. The van der Waals surface area contributed by atoms with E-state index < -0.39 is 11.0 Å². The van der Waals surface area contributed by atoms with Crippen LogP contribution >= 0.6 is 0 Å². The van der Waals surface area contributed by atoms with Crippen molar-refractivity contribution >= 4 is 17.5 Å². The summed E-state index contributed by atoms with van der Waals surface area (Å²) in [6.45, 7) is 2.28. The Bertz CT molecular complexity index is 1010. The van der Waals surface area contributed by atoms with Gasteiger partial charge in [0.1, 0.15) is 25.0 Å². The van der Waals surface area contributed by atoms with Crippen molar-refractivity contribution in [1.29, 1.82) is 0 Å². The summed E-state index contributed by atoms with van der Waals surface area (Å²) in [6.07, 6.45) is 0. The molecule has 28 heavy (non-hydrogen) atoms. The molecule has 2 heterocycles. The van der Waals surface area contributed by atoms with Gasteiger partial charge in [0.05, 0.1) is 22.0 Å². The van der Waals surface area contributed by atoms with Crippen molar-refractivity contribution in [2.24, 2.45) is 4.99 Å². The fraction of sp³-hybridized carbons (Fsp3) is 0.200. The lowest BCUT2D eigenvalue weighted by molar-refractivity contribution is -0.384. The Hall–Kier alpha value is -3.68. The van der Waals surface area contributed by atoms with E-state index in [0.29, 0.717) is 17.2 Å². The average molecular weight is 379 g/mol. The Kier molecular flexibility index (Phi) is 4.52. The molecule has 8 nitrogen and oxygen atoms in total. The molecule has 0 saturated carbocycles. The molecule has 0 saturated heterocycles. The number of carbonyl (C=O) groups is 1. The molecule has 1 N–H and O–H groups in total. The van der Waals surface area contributed by atoms with Gasteiger partial charge in [-0.3, -0.25) is 15.1 Å². The molecule has 0 aliphatic carbocycles. The highest BCUT2D eigenvalue weighted by atomic mass is 16.6. The number of rotatable bonds is 5. The van der Waals surface area contributed by atoms with Crippen LogP contribution in [0.15, 0.2) is 64.8 Å². The molecule has 0 spiro atoms. The Morgan fingerprint density at radius 3 is 2.75 bits per heavy atom. The SMILES string of the molecule is CC1=NC(c2ccccc2OCc2ccc([N+](=O)[O-])cc2)C2=C(COC2=O)N1. The largest absolute Gasteiger partial charge is 0.489 e. The van der Waals surface area contributed by atoms with Gasteiger partial charge in [0, 0.05) is 17.7 Å². The molecule has 1 atom stereocenters. The van der Waals surface area contributed by atoms with Gasteiger partial charge in [-0.1, -0.05) is 18.2 Å². The van der Waals surface area contributed by atoms with Crippen molar-refractivity contribution in [2.75, 3.05) is 6.61 Å². The predicted molar refractivity (Wildman–Crippen MR) is 101 cm³/mol. The summed E-state index contributed by atoms with van der Waals surface area (Å²) < 4.78 is 11.1. The quantitative estimate of drug-likeness (QED) is 0.487. The van der Waals surface area contributed by atoms with Gasteiger partial charge < -0.3 is 14.8 Å². The number of nitrogens with zero attached hydrogens (tertiary/aromatic N) is 2. The number of benzene rings is 2. The van der Waals surface area contributed by atoms with Crippen molar-refractivity contribution < 1.29 is 19.2 Å². The summed E-state index contributed by atoms with van der Waals surface area (Å²) in [6, 6.07) is 13.1. The number of nitrogens with one attached hydrogen (secondary N) is 1. The molecule has 2 aromatic rings. The number of para-hydroxylation sites is 1. The molecule has 0 bridgehead atoms. The predicted octanol–water partition coefficient (Wildman–Crippen LogP) is 3.05. The summed E-state index contributed by atoms with van der Waals surface area (Å²) >= 11 is 0. The summed E-state index contributed by atoms with van der Waals surface area (Å²) in [4.78, 5) is 27.1. The van der Waals surface area contributed by atoms with Gasteiger partial charge in [-0.2, -0.15) is 0 Å². The van der Waals surface area contributed by atoms with E-state index >= 15 is 0 Å². The van der Waals surface area contributed by atoms with Crippen LogP contribution in [-0.4, -0.2) is 23.3 Å². The van der Waals surface area contributed by atoms with E-state index in [-0.39, 0.29) is 24.9 Å². The van der Waals surface area contributed by atoms with Gasteiger partial charge in [-0.15, -0.1) is 0 Å². The van der Waals surface area contributed by atoms with Crippen molar-refractivity contribution in [3.05, 3.63) is 81.0 Å². The number of carbonyl (C=O) groups excluding carboxylic acids is 1. The molecule has 8 heteroatoms. The zero-order valence-corrected chi connectivity index (χ0v) is 15.0.